The molecule has 2 heterocycles. The second-order valence-corrected chi connectivity index (χ2v) is 7.69. The number of hydrogen-bond acceptors (Lipinski definition) is 4. The summed E-state index contributed by atoms with van der Waals surface area (Å²) >= 11 is 0. The van der Waals surface area contributed by atoms with Crippen LogP contribution in [0.5, 0.6) is 0 Å². The highest BCUT2D eigenvalue weighted by Crippen LogP contribution is 2.33. The normalized spacial score (nSPS) is 28.9. The van der Waals surface area contributed by atoms with Crippen LogP contribution in [0.4, 0.5) is 0 Å². The Labute approximate surface area is 162 Å². The highest BCUT2D eigenvalue weighted by Gasteiger charge is 2.34. The van der Waals surface area contributed by atoms with Crippen LogP contribution in [0, 0.1) is 11.3 Å². The van der Waals surface area contributed by atoms with Crippen LogP contribution in [0.25, 0.3) is 0 Å². The van der Waals surface area contributed by atoms with Gasteiger partial charge in [0.25, 0.3) is 0 Å². The van der Waals surface area contributed by atoms with Gasteiger partial charge in [-0.3, -0.25) is 4.99 Å². The number of aliphatic hydroxyl groups excluding tert-OH is 1. The largest absolute Gasteiger partial charge is 0.396 e. The molecule has 0 amide bonds. The molecular weight excluding hydrogens is 342 g/mol. The van der Waals surface area contributed by atoms with E-state index in [9.17, 15) is 5.11 Å². The molecule has 150 valence electrons. The van der Waals surface area contributed by atoms with Crippen LogP contribution in [-0.2, 0) is 9.47 Å². The Morgan fingerprint density at radius 1 is 1.26 bits per heavy atom. The summed E-state index contributed by atoms with van der Waals surface area (Å²) in [6, 6.07) is 10.5. The minimum absolute atomic E-state index is 0.00684. The Morgan fingerprint density at radius 3 is 2.81 bits per heavy atom. The smallest absolute Gasteiger partial charge is 0.191 e. The van der Waals surface area contributed by atoms with E-state index in [4.69, 9.17) is 9.47 Å². The minimum Gasteiger partial charge on any atom is -0.396 e. The SMILES string of the molecule is CN=C(NCC1CCCOC1c1ccccc1)NCC1(CCO)CCOC1. The van der Waals surface area contributed by atoms with Crippen LogP contribution in [0.3, 0.4) is 0 Å². The third-order valence-electron chi connectivity index (χ3n) is 5.79. The van der Waals surface area contributed by atoms with Crippen molar-refractivity contribution in [1.29, 1.82) is 0 Å². The quantitative estimate of drug-likeness (QED) is 0.503. The molecule has 3 unspecified atom stereocenters. The number of hydrogen-bond donors (Lipinski definition) is 3. The number of benzene rings is 1. The molecule has 2 saturated heterocycles. The minimum atomic E-state index is 0.00684. The Bertz CT molecular complexity index is 588. The molecule has 3 rings (SSSR count). The molecule has 3 atom stereocenters. The fraction of sp³-hybridized carbons (Fsp3) is 0.667. The molecule has 0 bridgehead atoms. The Balaban J connectivity index is 1.53. The summed E-state index contributed by atoms with van der Waals surface area (Å²) in [4.78, 5) is 4.37. The van der Waals surface area contributed by atoms with Crippen LogP contribution < -0.4 is 10.6 Å². The Morgan fingerprint density at radius 2 is 2.11 bits per heavy atom. The van der Waals surface area contributed by atoms with Crippen molar-refractivity contribution < 1.29 is 14.6 Å². The third-order valence-corrected chi connectivity index (χ3v) is 5.79. The molecule has 0 saturated carbocycles. The van der Waals surface area contributed by atoms with Crippen LogP contribution in [0.15, 0.2) is 35.3 Å². The van der Waals surface area contributed by atoms with E-state index in [-0.39, 0.29) is 18.1 Å². The Kier molecular flexibility index (Phi) is 7.50. The van der Waals surface area contributed by atoms with Gasteiger partial charge in [-0.2, -0.15) is 0 Å². The van der Waals surface area contributed by atoms with Crippen LogP contribution in [0.2, 0.25) is 0 Å². The fourth-order valence-electron chi connectivity index (χ4n) is 4.09. The maximum Gasteiger partial charge on any atom is 0.191 e. The van der Waals surface area contributed by atoms with Crippen molar-refractivity contribution in [3.8, 4) is 0 Å². The monoisotopic (exact) mass is 375 g/mol. The lowest BCUT2D eigenvalue weighted by molar-refractivity contribution is -0.0265. The van der Waals surface area contributed by atoms with Crippen LogP contribution in [0.1, 0.15) is 37.4 Å². The topological polar surface area (TPSA) is 75.1 Å². The molecule has 3 N–H and O–H groups in total. The maximum absolute atomic E-state index is 9.38. The summed E-state index contributed by atoms with van der Waals surface area (Å²) in [5, 5.41) is 16.3. The molecule has 0 aromatic heterocycles. The number of aliphatic imine (C=N–C) groups is 1. The van der Waals surface area contributed by atoms with Gasteiger partial charge in [-0.05, 0) is 31.2 Å². The van der Waals surface area contributed by atoms with Gasteiger partial charge < -0.3 is 25.2 Å². The van der Waals surface area contributed by atoms with E-state index >= 15 is 0 Å². The first kappa shape index (κ1) is 20.1. The van der Waals surface area contributed by atoms with E-state index in [0.29, 0.717) is 12.5 Å². The lowest BCUT2D eigenvalue weighted by Crippen LogP contribution is -2.46. The lowest BCUT2D eigenvalue weighted by atomic mass is 9.84. The Hall–Kier alpha value is -1.63. The first-order valence-corrected chi connectivity index (χ1v) is 10.1. The molecular formula is C21H33N3O3. The van der Waals surface area contributed by atoms with Gasteiger partial charge in [0.1, 0.15) is 0 Å². The number of aliphatic hydroxyl groups is 1. The fourth-order valence-corrected chi connectivity index (χ4v) is 4.09. The standard InChI is InChI=1S/C21H33N3O3/c1-22-20(24-15-21(9-11-25)10-13-26-16-21)23-14-18-8-5-12-27-19(18)17-6-3-2-4-7-17/h2-4,6-7,18-19,25H,5,8-16H2,1H3,(H2,22,23,24). The summed E-state index contributed by atoms with van der Waals surface area (Å²) in [5.74, 6) is 1.22. The van der Waals surface area contributed by atoms with Crippen molar-refractivity contribution in [2.75, 3.05) is 46.6 Å². The number of guanidine groups is 1. The molecule has 6 nitrogen and oxygen atoms in total. The van der Waals surface area contributed by atoms with Gasteiger partial charge in [0, 0.05) is 51.3 Å². The molecule has 1 aromatic rings. The van der Waals surface area contributed by atoms with Crippen molar-refractivity contribution in [2.45, 2.75) is 31.8 Å². The van der Waals surface area contributed by atoms with Gasteiger partial charge in [0.15, 0.2) is 5.96 Å². The first-order chi connectivity index (χ1) is 13.3. The van der Waals surface area contributed by atoms with Crippen molar-refractivity contribution in [3.05, 3.63) is 35.9 Å². The predicted octanol–water partition coefficient (Wildman–Crippen LogP) is 2.11. The second kappa shape index (κ2) is 10.1. The number of rotatable bonds is 7. The van der Waals surface area contributed by atoms with E-state index in [1.807, 2.05) is 6.07 Å². The average molecular weight is 376 g/mol. The molecule has 0 spiro atoms. The average Bonchev–Trinajstić information content (AvgIpc) is 3.18. The van der Waals surface area contributed by atoms with Gasteiger partial charge in [0.2, 0.25) is 0 Å². The molecule has 0 aliphatic carbocycles. The van der Waals surface area contributed by atoms with Crippen molar-refractivity contribution in [2.24, 2.45) is 16.3 Å². The summed E-state index contributed by atoms with van der Waals surface area (Å²) < 4.78 is 11.7. The van der Waals surface area contributed by atoms with E-state index < -0.39 is 0 Å². The van der Waals surface area contributed by atoms with Gasteiger partial charge >= 0.3 is 0 Å². The predicted molar refractivity (Wildman–Crippen MR) is 107 cm³/mol. The molecule has 1 aromatic carbocycles. The molecule has 27 heavy (non-hydrogen) atoms. The van der Waals surface area contributed by atoms with Gasteiger partial charge in [-0.25, -0.2) is 0 Å². The van der Waals surface area contributed by atoms with E-state index in [2.05, 4.69) is 39.9 Å². The van der Waals surface area contributed by atoms with Crippen LogP contribution >= 0.6 is 0 Å². The molecule has 6 heteroatoms. The summed E-state index contributed by atoms with van der Waals surface area (Å²) in [5.41, 5.74) is 1.25. The van der Waals surface area contributed by atoms with Crippen molar-refractivity contribution >= 4 is 5.96 Å². The number of ether oxygens (including phenoxy) is 2. The second-order valence-electron chi connectivity index (χ2n) is 7.69. The lowest BCUT2D eigenvalue weighted by Gasteiger charge is -2.33. The summed E-state index contributed by atoms with van der Waals surface area (Å²) in [7, 11) is 1.80. The highest BCUT2D eigenvalue weighted by molar-refractivity contribution is 5.79. The zero-order valence-corrected chi connectivity index (χ0v) is 16.3. The zero-order chi connectivity index (χ0) is 19.0. The molecule has 2 fully saturated rings. The van der Waals surface area contributed by atoms with Gasteiger partial charge in [0.05, 0.1) is 12.7 Å². The van der Waals surface area contributed by atoms with E-state index in [1.165, 1.54) is 5.56 Å². The van der Waals surface area contributed by atoms with Crippen molar-refractivity contribution in [1.82, 2.24) is 10.6 Å². The number of nitrogens with zero attached hydrogens (tertiary/aromatic N) is 1. The van der Waals surface area contributed by atoms with E-state index in [1.54, 1.807) is 7.05 Å². The first-order valence-electron chi connectivity index (χ1n) is 10.1. The molecule has 2 aliphatic heterocycles. The third kappa shape index (κ3) is 5.43. The summed E-state index contributed by atoms with van der Waals surface area (Å²) in [6.07, 6.45) is 4.10. The van der Waals surface area contributed by atoms with Gasteiger partial charge in [-0.15, -0.1) is 0 Å². The molecule has 0 radical (unpaired) electrons. The maximum atomic E-state index is 9.38. The van der Waals surface area contributed by atoms with E-state index in [0.717, 1.165) is 57.9 Å². The number of nitrogens with one attached hydrogen (secondary N) is 2. The summed E-state index contributed by atoms with van der Waals surface area (Å²) in [6.45, 7) is 4.07. The van der Waals surface area contributed by atoms with Gasteiger partial charge in [-0.1, -0.05) is 30.3 Å². The molecule has 2 aliphatic rings. The highest BCUT2D eigenvalue weighted by atomic mass is 16.5. The van der Waals surface area contributed by atoms with Crippen molar-refractivity contribution in [3.63, 3.8) is 0 Å². The van der Waals surface area contributed by atoms with Crippen LogP contribution in [-0.4, -0.2) is 57.6 Å². The zero-order valence-electron chi connectivity index (χ0n) is 16.3.